The van der Waals surface area contributed by atoms with Crippen LogP contribution in [0.5, 0.6) is 0 Å². The minimum absolute atomic E-state index is 0.104. The van der Waals surface area contributed by atoms with E-state index in [-0.39, 0.29) is 18.0 Å². The summed E-state index contributed by atoms with van der Waals surface area (Å²) in [5.41, 5.74) is 15.4. The van der Waals surface area contributed by atoms with Gasteiger partial charge in [-0.1, -0.05) is 139 Å². The fourth-order valence-electron chi connectivity index (χ4n) is 9.76. The summed E-state index contributed by atoms with van der Waals surface area (Å²) in [5.74, 6) is -0.229. The van der Waals surface area contributed by atoms with Crippen LogP contribution in [0.15, 0.2) is 169 Å². The highest BCUT2D eigenvalue weighted by Crippen LogP contribution is 2.44. The average molecular weight is 767 g/mol. The quantitative estimate of drug-likeness (QED) is 0.131. The number of aromatic nitrogens is 1. The highest BCUT2D eigenvalue weighted by molar-refractivity contribution is 6.25. The molecule has 0 saturated heterocycles. The number of aryl methyl sites for hydroxylation is 1. The van der Waals surface area contributed by atoms with E-state index in [1.54, 1.807) is 0 Å². The number of hydrogen-bond acceptors (Lipinski definition) is 2. The maximum absolute atomic E-state index is 13.8. The maximum Gasteiger partial charge on any atom is 0.171 e. The van der Waals surface area contributed by atoms with Crippen molar-refractivity contribution in [2.24, 2.45) is 0 Å². The Hall–Kier alpha value is -6.46. The van der Waals surface area contributed by atoms with Gasteiger partial charge in [-0.05, 0) is 119 Å². The lowest BCUT2D eigenvalue weighted by Gasteiger charge is -2.31. The topological polar surface area (TPSA) is 41.5 Å². The molecule has 0 bridgehead atoms. The minimum atomic E-state index is -0.229. The van der Waals surface area contributed by atoms with E-state index in [2.05, 4.69) is 156 Å². The van der Waals surface area contributed by atoms with Crippen molar-refractivity contribution in [3.63, 3.8) is 0 Å². The molecule has 11 rings (SSSR count). The predicted molar refractivity (Wildman–Crippen MR) is 243 cm³/mol. The molecule has 0 fully saturated rings. The van der Waals surface area contributed by atoms with Crippen molar-refractivity contribution in [1.82, 2.24) is 10.3 Å². The first-order valence-corrected chi connectivity index (χ1v) is 21.2. The molecule has 0 saturated carbocycles. The number of nitrogens with two attached hydrogens (primary N) is 1. The molecule has 0 radical (unpaired) electrons. The molecular formula is C55H45FN3+. The number of fused-ring (bicyclic) bond motifs is 8. The predicted octanol–water partition coefficient (Wildman–Crippen LogP) is 12.7. The van der Waals surface area contributed by atoms with Crippen molar-refractivity contribution in [3.05, 3.63) is 197 Å². The molecule has 2 unspecified atom stereocenters. The molecule has 8 aromatic rings. The summed E-state index contributed by atoms with van der Waals surface area (Å²) in [7, 11) is 0. The Morgan fingerprint density at radius 2 is 1.29 bits per heavy atom. The van der Waals surface area contributed by atoms with Crippen LogP contribution >= 0.6 is 0 Å². The standard InChI is InChI=1S/C55H44FN3/c56-43-30-27-36(28-31-43)35-19-23-40(24-20-35)54-53-47-18-10-8-16-45(47)44-15-7-9-17-46(44)52(53)48-32-29-42(33-51(48)57-54)37-21-25-41(26-22-37)55-58-49(38-11-3-1-4-12-38)34-50(59-55)39-13-5-2-6-14-39/h1,3-4,8-13,16-34,50,55,58-59H,2,5-7,14-15H2/p+1. The van der Waals surface area contributed by atoms with Gasteiger partial charge in [0.15, 0.2) is 6.17 Å². The highest BCUT2D eigenvalue weighted by Gasteiger charge is 2.29. The first kappa shape index (κ1) is 35.7. The number of pyridine rings is 1. The van der Waals surface area contributed by atoms with E-state index < -0.39 is 0 Å². The molecular weight excluding hydrogens is 722 g/mol. The molecule has 4 heteroatoms. The summed E-state index contributed by atoms with van der Waals surface area (Å²) in [6, 6.07) is 51.2. The number of hydrogen-bond donors (Lipinski definition) is 2. The number of quaternary nitrogens is 1. The van der Waals surface area contributed by atoms with Crippen LogP contribution in [0.3, 0.4) is 0 Å². The normalized spacial score (nSPS) is 17.8. The lowest BCUT2D eigenvalue weighted by atomic mass is 9.84. The van der Waals surface area contributed by atoms with Gasteiger partial charge < -0.3 is 0 Å². The number of benzene rings is 7. The molecule has 0 amide bonds. The summed E-state index contributed by atoms with van der Waals surface area (Å²) in [6.07, 6.45) is 16.6. The molecule has 2 atom stereocenters. The monoisotopic (exact) mass is 766 g/mol. The molecule has 0 spiro atoms. The number of halogens is 1. The van der Waals surface area contributed by atoms with Crippen LogP contribution in [0.2, 0.25) is 0 Å². The van der Waals surface area contributed by atoms with Gasteiger partial charge in [-0.2, -0.15) is 0 Å². The third kappa shape index (κ3) is 6.59. The van der Waals surface area contributed by atoms with Gasteiger partial charge in [0, 0.05) is 32.8 Å². The van der Waals surface area contributed by atoms with Crippen LogP contribution in [0.25, 0.3) is 77.7 Å². The second-order valence-corrected chi connectivity index (χ2v) is 16.3. The van der Waals surface area contributed by atoms with Crippen LogP contribution < -0.4 is 10.6 Å². The van der Waals surface area contributed by atoms with E-state index in [0.717, 1.165) is 52.7 Å². The molecule has 59 heavy (non-hydrogen) atoms. The Bertz CT molecular complexity index is 2980. The Labute approximate surface area is 344 Å². The van der Waals surface area contributed by atoms with Crippen molar-refractivity contribution >= 4 is 44.2 Å². The van der Waals surface area contributed by atoms with Crippen LogP contribution in [0, 0.1) is 5.82 Å². The van der Waals surface area contributed by atoms with Gasteiger partial charge in [-0.15, -0.1) is 0 Å². The van der Waals surface area contributed by atoms with Gasteiger partial charge in [-0.25, -0.2) is 9.37 Å². The molecule has 2 aliphatic carbocycles. The third-order valence-corrected chi connectivity index (χ3v) is 12.8. The fourth-order valence-corrected chi connectivity index (χ4v) is 9.76. The summed E-state index contributed by atoms with van der Waals surface area (Å²) in [6.45, 7) is 0. The van der Waals surface area contributed by atoms with Crippen LogP contribution in [0.4, 0.5) is 4.39 Å². The van der Waals surface area contributed by atoms with E-state index in [4.69, 9.17) is 4.98 Å². The summed E-state index contributed by atoms with van der Waals surface area (Å²) in [4.78, 5) is 5.55. The zero-order chi connectivity index (χ0) is 39.3. The van der Waals surface area contributed by atoms with Gasteiger partial charge >= 0.3 is 0 Å². The number of nitrogens with one attached hydrogen (secondary N) is 1. The molecule has 7 aromatic carbocycles. The minimum Gasteiger partial charge on any atom is -0.295 e. The largest absolute Gasteiger partial charge is 0.295 e. The van der Waals surface area contributed by atoms with Gasteiger partial charge in [0.25, 0.3) is 0 Å². The summed E-state index contributed by atoms with van der Waals surface area (Å²) in [5, 5.41) is 12.5. The fraction of sp³-hybridized carbons (Fsp3) is 0.145. The first-order chi connectivity index (χ1) is 29.1. The van der Waals surface area contributed by atoms with Gasteiger partial charge in [0.2, 0.25) is 0 Å². The second kappa shape index (κ2) is 15.0. The lowest BCUT2D eigenvalue weighted by Crippen LogP contribution is -2.87. The molecule has 3 N–H and O–H groups in total. The maximum atomic E-state index is 13.8. The van der Waals surface area contributed by atoms with Gasteiger partial charge in [-0.3, -0.25) is 10.6 Å². The van der Waals surface area contributed by atoms with Crippen LogP contribution in [-0.2, 0) is 6.42 Å². The van der Waals surface area contributed by atoms with E-state index in [1.165, 1.54) is 97.4 Å². The molecule has 1 aliphatic heterocycles. The Balaban J connectivity index is 1.01. The smallest absolute Gasteiger partial charge is 0.171 e. The number of rotatable bonds is 6. The zero-order valence-electron chi connectivity index (χ0n) is 33.0. The first-order valence-electron chi connectivity index (χ1n) is 21.2. The van der Waals surface area contributed by atoms with E-state index >= 15 is 0 Å². The number of nitrogens with zero attached hydrogens (tertiary/aromatic N) is 1. The molecule has 1 aromatic heterocycles. The highest BCUT2D eigenvalue weighted by atomic mass is 19.1. The summed E-state index contributed by atoms with van der Waals surface area (Å²) >= 11 is 0. The second-order valence-electron chi connectivity index (χ2n) is 16.3. The van der Waals surface area contributed by atoms with E-state index in [1.807, 2.05) is 12.1 Å². The van der Waals surface area contributed by atoms with Crippen molar-refractivity contribution in [3.8, 4) is 33.5 Å². The molecule has 3 aliphatic rings. The van der Waals surface area contributed by atoms with Crippen molar-refractivity contribution in [2.75, 3.05) is 0 Å². The van der Waals surface area contributed by atoms with Crippen molar-refractivity contribution < 1.29 is 9.71 Å². The number of allylic oxidation sites excluding steroid dienone is 2. The van der Waals surface area contributed by atoms with Gasteiger partial charge in [0.1, 0.15) is 11.5 Å². The summed E-state index contributed by atoms with van der Waals surface area (Å²) < 4.78 is 13.8. The van der Waals surface area contributed by atoms with E-state index in [9.17, 15) is 4.39 Å². The lowest BCUT2D eigenvalue weighted by molar-refractivity contribution is -0.620. The van der Waals surface area contributed by atoms with E-state index in [0.29, 0.717) is 0 Å². The Morgan fingerprint density at radius 3 is 2.07 bits per heavy atom. The Kier molecular flexibility index (Phi) is 9.10. The Morgan fingerprint density at radius 1 is 0.593 bits per heavy atom. The van der Waals surface area contributed by atoms with Crippen molar-refractivity contribution in [1.29, 1.82) is 0 Å². The SMILES string of the molecule is Fc1ccc(-c2ccc(-c3nc4cc(-c5ccc(C6NC(C7=CCCCC7)C=C(c7ccccc7)[NH2+]6)cc5)ccc4c4c5c(c6ccccc6c34)CCC=C5)cc2)cc1. The van der Waals surface area contributed by atoms with Crippen molar-refractivity contribution in [2.45, 2.75) is 50.7 Å². The van der Waals surface area contributed by atoms with Gasteiger partial charge in [0.05, 0.1) is 17.3 Å². The molecule has 286 valence electrons. The molecule has 2 heterocycles. The van der Waals surface area contributed by atoms with Crippen LogP contribution in [-0.4, -0.2) is 11.0 Å². The average Bonchev–Trinajstić information content (AvgIpc) is 3.32. The molecule has 3 nitrogen and oxygen atoms in total. The third-order valence-electron chi connectivity index (χ3n) is 12.8. The van der Waals surface area contributed by atoms with Crippen LogP contribution in [0.1, 0.15) is 60.5 Å². The zero-order valence-corrected chi connectivity index (χ0v) is 33.0.